The number of ether oxygens (including phenoxy) is 2. The van der Waals surface area contributed by atoms with E-state index in [9.17, 15) is 4.79 Å². The molecule has 1 aliphatic rings. The largest absolute Gasteiger partial charge is 0.497 e. The van der Waals surface area contributed by atoms with E-state index in [1.54, 1.807) is 25.4 Å². The molecule has 2 aromatic rings. The van der Waals surface area contributed by atoms with Crippen molar-refractivity contribution < 1.29 is 14.3 Å². The molecule has 1 fully saturated rings. The summed E-state index contributed by atoms with van der Waals surface area (Å²) in [6.45, 7) is 2.00. The molecule has 0 spiro atoms. The third-order valence-corrected chi connectivity index (χ3v) is 3.68. The SMILES string of the molecule is COc1cccc(Oc2ccc(CNC(=O)C3CNC3)cn2)c1. The van der Waals surface area contributed by atoms with Gasteiger partial charge in [-0.25, -0.2) is 4.98 Å². The number of nitrogens with zero attached hydrogens (tertiary/aromatic N) is 1. The van der Waals surface area contributed by atoms with Gasteiger partial charge in [0.15, 0.2) is 0 Å². The van der Waals surface area contributed by atoms with Crippen LogP contribution in [-0.4, -0.2) is 31.1 Å². The molecule has 0 aliphatic carbocycles. The van der Waals surface area contributed by atoms with Crippen LogP contribution in [0.1, 0.15) is 5.56 Å². The van der Waals surface area contributed by atoms with Gasteiger partial charge in [0.2, 0.25) is 11.8 Å². The van der Waals surface area contributed by atoms with Gasteiger partial charge in [-0.2, -0.15) is 0 Å². The van der Waals surface area contributed by atoms with Crippen molar-refractivity contribution in [1.82, 2.24) is 15.6 Å². The number of aromatic nitrogens is 1. The van der Waals surface area contributed by atoms with Gasteiger partial charge in [0.05, 0.1) is 13.0 Å². The highest BCUT2D eigenvalue weighted by Crippen LogP contribution is 2.23. The first kappa shape index (κ1) is 15.3. The van der Waals surface area contributed by atoms with Crippen molar-refractivity contribution in [2.24, 2.45) is 5.92 Å². The molecule has 1 aromatic heterocycles. The molecule has 1 saturated heterocycles. The lowest BCUT2D eigenvalue weighted by molar-refractivity contribution is -0.126. The Kier molecular flexibility index (Phi) is 4.73. The van der Waals surface area contributed by atoms with E-state index < -0.39 is 0 Å². The summed E-state index contributed by atoms with van der Waals surface area (Å²) < 4.78 is 10.8. The zero-order valence-corrected chi connectivity index (χ0v) is 12.9. The quantitative estimate of drug-likeness (QED) is 0.849. The molecule has 6 heteroatoms. The van der Waals surface area contributed by atoms with Crippen molar-refractivity contribution in [1.29, 1.82) is 0 Å². The summed E-state index contributed by atoms with van der Waals surface area (Å²) in [6.07, 6.45) is 1.70. The number of pyridine rings is 1. The Morgan fingerprint density at radius 3 is 2.78 bits per heavy atom. The zero-order valence-electron chi connectivity index (χ0n) is 12.9. The second kappa shape index (κ2) is 7.11. The van der Waals surface area contributed by atoms with E-state index in [1.807, 2.05) is 24.3 Å². The summed E-state index contributed by atoms with van der Waals surface area (Å²) in [4.78, 5) is 16.0. The van der Waals surface area contributed by atoms with Crippen molar-refractivity contribution >= 4 is 5.91 Å². The number of hydrogen-bond donors (Lipinski definition) is 2. The Hall–Kier alpha value is -2.60. The second-order valence-corrected chi connectivity index (χ2v) is 5.36. The maximum Gasteiger partial charge on any atom is 0.225 e. The number of carbonyl (C=O) groups is 1. The Balaban J connectivity index is 1.54. The lowest BCUT2D eigenvalue weighted by Gasteiger charge is -2.25. The fourth-order valence-corrected chi connectivity index (χ4v) is 2.17. The van der Waals surface area contributed by atoms with Gasteiger partial charge < -0.3 is 20.1 Å². The molecule has 2 N–H and O–H groups in total. The van der Waals surface area contributed by atoms with E-state index in [-0.39, 0.29) is 11.8 Å². The van der Waals surface area contributed by atoms with Crippen molar-refractivity contribution in [2.75, 3.05) is 20.2 Å². The molecule has 23 heavy (non-hydrogen) atoms. The number of nitrogens with one attached hydrogen (secondary N) is 2. The van der Waals surface area contributed by atoms with E-state index in [0.29, 0.717) is 18.2 Å². The van der Waals surface area contributed by atoms with Gasteiger partial charge in [-0.05, 0) is 17.7 Å². The molecule has 6 nitrogen and oxygen atoms in total. The summed E-state index contributed by atoms with van der Waals surface area (Å²) in [5.74, 6) is 2.07. The first-order valence-corrected chi connectivity index (χ1v) is 7.50. The molecule has 1 aliphatic heterocycles. The smallest absolute Gasteiger partial charge is 0.225 e. The Bertz CT molecular complexity index is 669. The molecule has 3 rings (SSSR count). The first-order chi connectivity index (χ1) is 11.2. The third-order valence-electron chi connectivity index (χ3n) is 3.68. The predicted molar refractivity (Wildman–Crippen MR) is 85.5 cm³/mol. The van der Waals surface area contributed by atoms with Crippen molar-refractivity contribution in [3.05, 3.63) is 48.2 Å². The minimum absolute atomic E-state index is 0.0838. The number of hydrogen-bond acceptors (Lipinski definition) is 5. The minimum atomic E-state index is 0.0838. The molecular weight excluding hydrogens is 294 g/mol. The lowest BCUT2D eigenvalue weighted by Crippen LogP contribution is -2.50. The van der Waals surface area contributed by atoms with Crippen LogP contribution in [0.3, 0.4) is 0 Å². The van der Waals surface area contributed by atoms with Crippen LogP contribution in [-0.2, 0) is 11.3 Å². The van der Waals surface area contributed by atoms with E-state index in [2.05, 4.69) is 15.6 Å². The molecule has 0 saturated carbocycles. The van der Waals surface area contributed by atoms with Gasteiger partial charge in [-0.1, -0.05) is 12.1 Å². The van der Waals surface area contributed by atoms with Crippen molar-refractivity contribution in [3.63, 3.8) is 0 Å². The number of methoxy groups -OCH3 is 1. The van der Waals surface area contributed by atoms with Gasteiger partial charge in [-0.15, -0.1) is 0 Å². The number of amides is 1. The standard InChI is InChI=1S/C17H19N3O3/c1-22-14-3-2-4-15(7-14)23-16-6-5-12(8-19-16)9-20-17(21)13-10-18-11-13/h2-8,13,18H,9-11H2,1H3,(H,20,21). The maximum atomic E-state index is 11.8. The monoisotopic (exact) mass is 313 g/mol. The Morgan fingerprint density at radius 1 is 1.30 bits per heavy atom. The van der Waals surface area contributed by atoms with E-state index in [1.165, 1.54) is 0 Å². The second-order valence-electron chi connectivity index (χ2n) is 5.36. The van der Waals surface area contributed by atoms with Gasteiger partial charge in [0, 0.05) is 38.0 Å². The van der Waals surface area contributed by atoms with Crippen molar-refractivity contribution in [2.45, 2.75) is 6.54 Å². The Morgan fingerprint density at radius 2 is 2.13 bits per heavy atom. The van der Waals surface area contributed by atoms with Crippen molar-refractivity contribution in [3.8, 4) is 17.4 Å². The average molecular weight is 313 g/mol. The molecule has 1 aromatic carbocycles. The summed E-state index contributed by atoms with van der Waals surface area (Å²) in [5, 5.41) is 5.99. The van der Waals surface area contributed by atoms with Crippen LogP contribution in [0.4, 0.5) is 0 Å². The normalized spacial score (nSPS) is 14.0. The fourth-order valence-electron chi connectivity index (χ4n) is 2.17. The molecule has 0 unspecified atom stereocenters. The minimum Gasteiger partial charge on any atom is -0.497 e. The fraction of sp³-hybridized carbons (Fsp3) is 0.294. The summed E-state index contributed by atoms with van der Waals surface area (Å²) in [5.41, 5.74) is 0.934. The predicted octanol–water partition coefficient (Wildman–Crippen LogP) is 1.72. The summed E-state index contributed by atoms with van der Waals surface area (Å²) in [7, 11) is 1.61. The van der Waals surface area contributed by atoms with Gasteiger partial charge in [-0.3, -0.25) is 4.79 Å². The molecule has 0 atom stereocenters. The average Bonchev–Trinajstić information content (AvgIpc) is 2.53. The molecule has 120 valence electrons. The third kappa shape index (κ3) is 3.98. The highest BCUT2D eigenvalue weighted by Gasteiger charge is 2.24. The van der Waals surface area contributed by atoms with Crippen LogP contribution in [0.5, 0.6) is 17.4 Å². The Labute approximate surface area is 134 Å². The van der Waals surface area contributed by atoms with Crippen LogP contribution in [0.15, 0.2) is 42.6 Å². The van der Waals surface area contributed by atoms with Crippen LogP contribution >= 0.6 is 0 Å². The zero-order chi connectivity index (χ0) is 16.1. The highest BCUT2D eigenvalue weighted by molar-refractivity contribution is 5.79. The lowest BCUT2D eigenvalue weighted by atomic mass is 10.0. The summed E-state index contributed by atoms with van der Waals surface area (Å²) >= 11 is 0. The summed E-state index contributed by atoms with van der Waals surface area (Å²) in [6, 6.07) is 11.0. The molecule has 2 heterocycles. The van der Waals surface area contributed by atoms with Gasteiger partial charge in [0.25, 0.3) is 0 Å². The number of carbonyl (C=O) groups excluding carboxylic acids is 1. The molecule has 1 amide bonds. The number of rotatable bonds is 6. The van der Waals surface area contributed by atoms with Crippen LogP contribution in [0.2, 0.25) is 0 Å². The number of benzene rings is 1. The van der Waals surface area contributed by atoms with E-state index in [4.69, 9.17) is 9.47 Å². The highest BCUT2D eigenvalue weighted by atomic mass is 16.5. The molecule has 0 bridgehead atoms. The van der Waals surface area contributed by atoms with Crippen LogP contribution in [0.25, 0.3) is 0 Å². The van der Waals surface area contributed by atoms with Crippen LogP contribution < -0.4 is 20.1 Å². The topological polar surface area (TPSA) is 72.5 Å². The molecule has 0 radical (unpaired) electrons. The van der Waals surface area contributed by atoms with Crippen LogP contribution in [0, 0.1) is 5.92 Å². The molecular formula is C17H19N3O3. The first-order valence-electron chi connectivity index (χ1n) is 7.50. The van der Waals surface area contributed by atoms with Gasteiger partial charge >= 0.3 is 0 Å². The van der Waals surface area contributed by atoms with Gasteiger partial charge in [0.1, 0.15) is 11.5 Å². The van der Waals surface area contributed by atoms with E-state index in [0.717, 1.165) is 24.4 Å². The van der Waals surface area contributed by atoms with E-state index >= 15 is 0 Å². The maximum absolute atomic E-state index is 11.8.